The van der Waals surface area contributed by atoms with Gasteiger partial charge in [-0.05, 0) is 24.3 Å². The molecule has 0 saturated heterocycles. The van der Waals surface area contributed by atoms with Gasteiger partial charge in [0.2, 0.25) is 0 Å². The number of hydrogen-bond donors (Lipinski definition) is 0. The summed E-state index contributed by atoms with van der Waals surface area (Å²) in [4.78, 5) is 0. The Kier molecular flexibility index (Phi) is 9.20. The lowest BCUT2D eigenvalue weighted by atomic mass is 10.3. The van der Waals surface area contributed by atoms with E-state index >= 15 is 0 Å². The molecule has 0 radical (unpaired) electrons. The van der Waals surface area contributed by atoms with Crippen molar-refractivity contribution in [2.24, 2.45) is 0 Å². The molecule has 0 bridgehead atoms. The molecular weight excluding hydrogens is 475 g/mol. The standard InChI is InChI=1S/C19H15Cl3F4O4/c20-15-10-14(28-9-6-17(22)23)11-16(21)18(15)29-8-1-7-27-12-2-4-13(5-3-12)30-19(24,25)26/h2-6,10-11H,1,7-9H2/b17-6+. The van der Waals surface area contributed by atoms with E-state index in [9.17, 15) is 17.6 Å². The number of benzene rings is 2. The molecule has 0 fully saturated rings. The van der Waals surface area contributed by atoms with Gasteiger partial charge in [0.25, 0.3) is 0 Å². The van der Waals surface area contributed by atoms with Crippen molar-refractivity contribution in [3.8, 4) is 23.0 Å². The first-order valence-corrected chi connectivity index (χ1v) is 9.52. The molecule has 0 heterocycles. The van der Waals surface area contributed by atoms with Crippen molar-refractivity contribution in [3.63, 3.8) is 0 Å². The third kappa shape index (κ3) is 8.77. The summed E-state index contributed by atoms with van der Waals surface area (Å²) in [6.07, 6.45) is -3.26. The maximum atomic E-state index is 12.4. The van der Waals surface area contributed by atoms with Gasteiger partial charge in [-0.25, -0.2) is 0 Å². The predicted molar refractivity (Wildman–Crippen MR) is 106 cm³/mol. The predicted octanol–water partition coefficient (Wildman–Crippen LogP) is 7.17. The zero-order chi connectivity index (χ0) is 22.1. The van der Waals surface area contributed by atoms with Gasteiger partial charge in [-0.3, -0.25) is 0 Å². The maximum Gasteiger partial charge on any atom is 0.573 e. The van der Waals surface area contributed by atoms with Crippen molar-refractivity contribution < 1.29 is 36.5 Å². The largest absolute Gasteiger partial charge is 0.573 e. The molecule has 0 N–H and O–H groups in total. The van der Waals surface area contributed by atoms with Crippen LogP contribution in [0, 0.1) is 0 Å². The number of hydrogen-bond acceptors (Lipinski definition) is 4. The minimum atomic E-state index is -4.74. The molecule has 2 aromatic carbocycles. The fraction of sp³-hybridized carbons (Fsp3) is 0.263. The van der Waals surface area contributed by atoms with E-state index in [2.05, 4.69) is 4.74 Å². The van der Waals surface area contributed by atoms with Crippen molar-refractivity contribution in [3.05, 3.63) is 57.8 Å². The first-order chi connectivity index (χ1) is 14.1. The van der Waals surface area contributed by atoms with Crippen LogP contribution in [0.2, 0.25) is 10.0 Å². The molecule has 0 atom stereocenters. The zero-order valence-corrected chi connectivity index (χ0v) is 17.4. The molecule has 11 heteroatoms. The van der Waals surface area contributed by atoms with E-state index in [-0.39, 0.29) is 41.4 Å². The number of ether oxygens (including phenoxy) is 4. The summed E-state index contributed by atoms with van der Waals surface area (Å²) in [7, 11) is 0. The SMILES string of the molecule is F/C(Cl)=C/COc1cc(Cl)c(OCCCOc2ccc(OC(F)(F)F)cc2)c(Cl)c1. The molecule has 4 nitrogen and oxygen atoms in total. The second-order valence-corrected chi connectivity index (χ2v) is 6.77. The Balaban J connectivity index is 1.77. The van der Waals surface area contributed by atoms with Crippen molar-refractivity contribution in [1.29, 1.82) is 0 Å². The van der Waals surface area contributed by atoms with Crippen LogP contribution in [0.5, 0.6) is 23.0 Å². The Morgan fingerprint density at radius 3 is 2.00 bits per heavy atom. The van der Waals surface area contributed by atoms with E-state index < -0.39 is 11.6 Å². The van der Waals surface area contributed by atoms with Crippen molar-refractivity contribution in [1.82, 2.24) is 0 Å². The maximum absolute atomic E-state index is 12.4. The molecule has 164 valence electrons. The molecule has 0 aliphatic carbocycles. The van der Waals surface area contributed by atoms with Gasteiger partial charge in [0.1, 0.15) is 23.9 Å². The van der Waals surface area contributed by atoms with Crippen LogP contribution in [-0.2, 0) is 0 Å². The van der Waals surface area contributed by atoms with Crippen molar-refractivity contribution >= 4 is 34.8 Å². The molecule has 30 heavy (non-hydrogen) atoms. The monoisotopic (exact) mass is 488 g/mol. The van der Waals surface area contributed by atoms with Gasteiger partial charge < -0.3 is 18.9 Å². The van der Waals surface area contributed by atoms with Gasteiger partial charge in [-0.15, -0.1) is 13.2 Å². The Morgan fingerprint density at radius 2 is 1.43 bits per heavy atom. The summed E-state index contributed by atoms with van der Waals surface area (Å²) in [5.74, 6) is 0.606. The second-order valence-electron chi connectivity index (χ2n) is 5.59. The Hall–Kier alpha value is -2.03. The van der Waals surface area contributed by atoms with Gasteiger partial charge in [-0.2, -0.15) is 4.39 Å². The second kappa shape index (κ2) is 11.4. The molecule has 0 aromatic heterocycles. The van der Waals surface area contributed by atoms with E-state index in [1.165, 1.54) is 24.3 Å². The molecule has 0 amide bonds. The summed E-state index contributed by atoms with van der Waals surface area (Å²) in [5, 5.41) is -0.483. The summed E-state index contributed by atoms with van der Waals surface area (Å²) in [5.41, 5.74) is 0. The van der Waals surface area contributed by atoms with Crippen LogP contribution in [0.25, 0.3) is 0 Å². The van der Waals surface area contributed by atoms with E-state index in [4.69, 9.17) is 49.0 Å². The third-order valence-corrected chi connectivity index (χ3v) is 4.04. The number of rotatable bonds is 10. The van der Waals surface area contributed by atoms with Crippen LogP contribution in [0.3, 0.4) is 0 Å². The number of halogens is 7. The smallest absolute Gasteiger partial charge is 0.493 e. The molecular formula is C19H15Cl3F4O4. The van der Waals surface area contributed by atoms with Gasteiger partial charge in [0.15, 0.2) is 11.0 Å². The highest BCUT2D eigenvalue weighted by Crippen LogP contribution is 2.37. The van der Waals surface area contributed by atoms with Crippen LogP contribution in [-0.4, -0.2) is 26.2 Å². The van der Waals surface area contributed by atoms with Gasteiger partial charge in [-0.1, -0.05) is 34.8 Å². The molecule has 0 aliphatic rings. The normalized spacial score (nSPS) is 11.9. The van der Waals surface area contributed by atoms with Crippen molar-refractivity contribution in [2.45, 2.75) is 12.8 Å². The summed E-state index contributed by atoms with van der Waals surface area (Å²) in [6, 6.07) is 7.95. The first kappa shape index (κ1) is 24.2. The minimum Gasteiger partial charge on any atom is -0.493 e. The lowest BCUT2D eigenvalue weighted by Gasteiger charge is -2.13. The Labute approximate surface area is 184 Å². The van der Waals surface area contributed by atoms with Crippen LogP contribution in [0.15, 0.2) is 47.8 Å². The van der Waals surface area contributed by atoms with E-state index in [1.807, 2.05) is 0 Å². The van der Waals surface area contributed by atoms with Gasteiger partial charge >= 0.3 is 6.36 Å². The fourth-order valence-electron chi connectivity index (χ4n) is 2.12. The van der Waals surface area contributed by atoms with Gasteiger partial charge in [0.05, 0.1) is 23.3 Å². The van der Waals surface area contributed by atoms with E-state index in [1.54, 1.807) is 0 Å². The molecule has 0 saturated carbocycles. The molecule has 2 rings (SSSR count). The average molecular weight is 490 g/mol. The Bertz CT molecular complexity index is 831. The van der Waals surface area contributed by atoms with Crippen molar-refractivity contribution in [2.75, 3.05) is 19.8 Å². The minimum absolute atomic E-state index is 0.0944. The Morgan fingerprint density at radius 1 is 0.867 bits per heavy atom. The lowest BCUT2D eigenvalue weighted by Crippen LogP contribution is -2.17. The zero-order valence-electron chi connectivity index (χ0n) is 15.1. The average Bonchev–Trinajstić information content (AvgIpc) is 2.63. The first-order valence-electron chi connectivity index (χ1n) is 8.38. The molecule has 0 unspecified atom stereocenters. The van der Waals surface area contributed by atoms with Crippen LogP contribution < -0.4 is 18.9 Å². The topological polar surface area (TPSA) is 36.9 Å². The van der Waals surface area contributed by atoms with Gasteiger partial charge in [0, 0.05) is 24.6 Å². The lowest BCUT2D eigenvalue weighted by molar-refractivity contribution is -0.274. The molecule has 2 aromatic rings. The molecule has 0 aliphatic heterocycles. The van der Waals surface area contributed by atoms with Crippen LogP contribution in [0.1, 0.15) is 6.42 Å². The van der Waals surface area contributed by atoms with E-state index in [0.717, 1.165) is 18.2 Å². The van der Waals surface area contributed by atoms with Crippen LogP contribution >= 0.6 is 34.8 Å². The summed E-state index contributed by atoms with van der Waals surface area (Å²) in [6.45, 7) is 0.365. The summed E-state index contributed by atoms with van der Waals surface area (Å²) < 4.78 is 68.8. The highest BCUT2D eigenvalue weighted by Gasteiger charge is 2.30. The quantitative estimate of drug-likeness (QED) is 0.262. The van der Waals surface area contributed by atoms with E-state index in [0.29, 0.717) is 17.9 Å². The summed E-state index contributed by atoms with van der Waals surface area (Å²) >= 11 is 17.3. The highest BCUT2D eigenvalue weighted by molar-refractivity contribution is 6.37. The van der Waals surface area contributed by atoms with Crippen LogP contribution in [0.4, 0.5) is 17.6 Å². The number of alkyl halides is 3. The molecule has 0 spiro atoms. The fourth-order valence-corrected chi connectivity index (χ4v) is 2.76. The highest BCUT2D eigenvalue weighted by atomic mass is 35.5. The third-order valence-electron chi connectivity index (χ3n) is 3.32.